The monoisotopic (exact) mass is 254 g/mol. The summed E-state index contributed by atoms with van der Waals surface area (Å²) in [6.45, 7) is 5.34. The summed E-state index contributed by atoms with van der Waals surface area (Å²) < 4.78 is 0. The van der Waals surface area contributed by atoms with Crippen LogP contribution in [0.3, 0.4) is 0 Å². The highest BCUT2D eigenvalue weighted by atomic mass is 32.1. The summed E-state index contributed by atoms with van der Waals surface area (Å²) in [6, 6.07) is 0. The molecule has 96 valence electrons. The maximum Gasteiger partial charge on any atom is 0.0897 e. The second kappa shape index (κ2) is 5.46. The summed E-state index contributed by atoms with van der Waals surface area (Å²) in [5.74, 6) is 0.804. The SMILES string of the molecule is Cc1nc(CNC2(CO)CCC(C)CC2)cs1. The molecule has 0 atom stereocenters. The van der Waals surface area contributed by atoms with Gasteiger partial charge in [-0.05, 0) is 38.5 Å². The van der Waals surface area contributed by atoms with Crippen LogP contribution in [-0.2, 0) is 6.54 Å². The topological polar surface area (TPSA) is 45.2 Å². The molecule has 0 aromatic carbocycles. The summed E-state index contributed by atoms with van der Waals surface area (Å²) in [5, 5.41) is 16.4. The minimum absolute atomic E-state index is 0.0654. The Kier molecular flexibility index (Phi) is 4.17. The Morgan fingerprint density at radius 2 is 2.24 bits per heavy atom. The first-order valence-corrected chi connectivity index (χ1v) is 7.28. The lowest BCUT2D eigenvalue weighted by Gasteiger charge is -2.38. The average Bonchev–Trinajstić information content (AvgIpc) is 2.75. The highest BCUT2D eigenvalue weighted by Gasteiger charge is 2.33. The predicted molar refractivity (Wildman–Crippen MR) is 71.1 cm³/mol. The number of rotatable bonds is 4. The van der Waals surface area contributed by atoms with Gasteiger partial charge in [-0.25, -0.2) is 4.98 Å². The van der Waals surface area contributed by atoms with Crippen molar-refractivity contribution in [3.05, 3.63) is 16.1 Å². The van der Waals surface area contributed by atoms with E-state index in [9.17, 15) is 5.11 Å². The molecule has 1 aliphatic rings. The zero-order valence-corrected chi connectivity index (χ0v) is 11.5. The molecular formula is C13H22N2OS. The molecule has 2 N–H and O–H groups in total. The second-order valence-electron chi connectivity index (χ2n) is 5.33. The molecular weight excluding hydrogens is 232 g/mol. The van der Waals surface area contributed by atoms with Crippen LogP contribution in [0.25, 0.3) is 0 Å². The van der Waals surface area contributed by atoms with Gasteiger partial charge in [-0.3, -0.25) is 0 Å². The molecule has 3 nitrogen and oxygen atoms in total. The van der Waals surface area contributed by atoms with Crippen molar-refractivity contribution in [2.24, 2.45) is 5.92 Å². The zero-order chi connectivity index (χ0) is 12.3. The van der Waals surface area contributed by atoms with E-state index in [-0.39, 0.29) is 12.1 Å². The molecule has 0 spiro atoms. The van der Waals surface area contributed by atoms with Gasteiger partial charge in [0, 0.05) is 17.5 Å². The highest BCUT2D eigenvalue weighted by Crippen LogP contribution is 2.31. The molecule has 1 aromatic rings. The third-order valence-corrected chi connectivity index (χ3v) is 4.67. The molecule has 1 saturated carbocycles. The predicted octanol–water partition coefficient (Wildman–Crippen LogP) is 2.48. The van der Waals surface area contributed by atoms with Gasteiger partial charge >= 0.3 is 0 Å². The molecule has 0 saturated heterocycles. The maximum atomic E-state index is 9.63. The van der Waals surface area contributed by atoms with Gasteiger partial charge in [0.2, 0.25) is 0 Å². The summed E-state index contributed by atoms with van der Waals surface area (Å²) in [6.07, 6.45) is 4.58. The molecule has 2 rings (SSSR count). The van der Waals surface area contributed by atoms with E-state index in [0.29, 0.717) is 0 Å². The van der Waals surface area contributed by atoms with E-state index in [1.54, 1.807) is 11.3 Å². The van der Waals surface area contributed by atoms with Gasteiger partial charge in [0.1, 0.15) is 0 Å². The maximum absolute atomic E-state index is 9.63. The van der Waals surface area contributed by atoms with E-state index in [1.165, 1.54) is 12.8 Å². The largest absolute Gasteiger partial charge is 0.394 e. The van der Waals surface area contributed by atoms with Crippen molar-refractivity contribution in [2.45, 2.75) is 51.6 Å². The van der Waals surface area contributed by atoms with Crippen LogP contribution in [0.4, 0.5) is 0 Å². The Balaban J connectivity index is 1.91. The quantitative estimate of drug-likeness (QED) is 0.867. The number of nitrogens with one attached hydrogen (secondary N) is 1. The van der Waals surface area contributed by atoms with Gasteiger partial charge in [0.15, 0.2) is 0 Å². The average molecular weight is 254 g/mol. The van der Waals surface area contributed by atoms with E-state index < -0.39 is 0 Å². The van der Waals surface area contributed by atoms with E-state index >= 15 is 0 Å². The number of aromatic nitrogens is 1. The minimum Gasteiger partial charge on any atom is -0.394 e. The summed E-state index contributed by atoms with van der Waals surface area (Å²) in [5.41, 5.74) is 1.03. The Morgan fingerprint density at radius 3 is 2.76 bits per heavy atom. The molecule has 4 heteroatoms. The summed E-state index contributed by atoms with van der Waals surface area (Å²) in [7, 11) is 0. The van der Waals surface area contributed by atoms with Crippen LogP contribution >= 0.6 is 11.3 Å². The molecule has 1 heterocycles. The molecule has 1 aromatic heterocycles. The summed E-state index contributed by atoms with van der Waals surface area (Å²) in [4.78, 5) is 4.45. The van der Waals surface area contributed by atoms with E-state index in [2.05, 4.69) is 22.6 Å². The number of hydrogen-bond acceptors (Lipinski definition) is 4. The van der Waals surface area contributed by atoms with Crippen LogP contribution in [0.2, 0.25) is 0 Å². The lowest BCUT2D eigenvalue weighted by Crippen LogP contribution is -2.50. The van der Waals surface area contributed by atoms with Gasteiger partial charge in [0.05, 0.1) is 17.3 Å². The lowest BCUT2D eigenvalue weighted by atomic mass is 9.77. The molecule has 1 aliphatic carbocycles. The number of aliphatic hydroxyl groups is 1. The first-order valence-electron chi connectivity index (χ1n) is 6.40. The Morgan fingerprint density at radius 1 is 1.53 bits per heavy atom. The second-order valence-corrected chi connectivity index (χ2v) is 6.39. The van der Waals surface area contributed by atoms with Crippen LogP contribution in [0, 0.1) is 12.8 Å². The van der Waals surface area contributed by atoms with E-state index in [1.807, 2.05) is 6.92 Å². The van der Waals surface area contributed by atoms with Crippen molar-refractivity contribution < 1.29 is 5.11 Å². The van der Waals surface area contributed by atoms with Crippen molar-refractivity contribution >= 4 is 11.3 Å². The molecule has 1 fully saturated rings. The van der Waals surface area contributed by atoms with Crippen molar-refractivity contribution in [1.82, 2.24) is 10.3 Å². The number of thiazole rings is 1. The molecule has 0 aliphatic heterocycles. The Hall–Kier alpha value is -0.450. The fourth-order valence-corrected chi connectivity index (χ4v) is 3.09. The summed E-state index contributed by atoms with van der Waals surface area (Å²) >= 11 is 1.68. The van der Waals surface area contributed by atoms with Crippen LogP contribution < -0.4 is 5.32 Å². The van der Waals surface area contributed by atoms with E-state index in [0.717, 1.165) is 36.0 Å². The van der Waals surface area contributed by atoms with Gasteiger partial charge < -0.3 is 10.4 Å². The standard InChI is InChI=1S/C13H22N2OS/c1-10-3-5-13(9-16,6-4-10)14-7-12-8-17-11(2)15-12/h8,10,14,16H,3-7,9H2,1-2H3. The number of hydrogen-bond donors (Lipinski definition) is 2. The number of nitrogens with zero attached hydrogens (tertiary/aromatic N) is 1. The lowest BCUT2D eigenvalue weighted by molar-refractivity contribution is 0.104. The molecule has 0 radical (unpaired) electrons. The molecule has 0 bridgehead atoms. The first-order chi connectivity index (χ1) is 8.13. The van der Waals surface area contributed by atoms with Gasteiger partial charge in [-0.15, -0.1) is 11.3 Å². The molecule has 0 unspecified atom stereocenters. The minimum atomic E-state index is -0.0654. The fourth-order valence-electron chi connectivity index (χ4n) is 2.47. The number of aryl methyl sites for hydroxylation is 1. The van der Waals surface area contributed by atoms with Crippen LogP contribution in [0.15, 0.2) is 5.38 Å². The fraction of sp³-hybridized carbons (Fsp3) is 0.769. The van der Waals surface area contributed by atoms with Crippen molar-refractivity contribution in [3.8, 4) is 0 Å². The van der Waals surface area contributed by atoms with E-state index in [4.69, 9.17) is 0 Å². The Labute approximate surface area is 107 Å². The number of aliphatic hydroxyl groups excluding tert-OH is 1. The Bertz CT molecular complexity index is 356. The smallest absolute Gasteiger partial charge is 0.0897 e. The van der Waals surface area contributed by atoms with Gasteiger partial charge in [0.25, 0.3) is 0 Å². The third-order valence-electron chi connectivity index (χ3n) is 3.85. The van der Waals surface area contributed by atoms with Crippen LogP contribution in [0.5, 0.6) is 0 Å². The van der Waals surface area contributed by atoms with Crippen molar-refractivity contribution in [3.63, 3.8) is 0 Å². The highest BCUT2D eigenvalue weighted by molar-refractivity contribution is 7.09. The first kappa shape index (κ1) is 13.0. The normalized spacial score (nSPS) is 29.5. The molecule has 17 heavy (non-hydrogen) atoms. The van der Waals surface area contributed by atoms with Crippen LogP contribution in [-0.4, -0.2) is 22.2 Å². The molecule has 0 amide bonds. The van der Waals surface area contributed by atoms with Crippen LogP contribution in [0.1, 0.15) is 43.3 Å². The van der Waals surface area contributed by atoms with Crippen molar-refractivity contribution in [1.29, 1.82) is 0 Å². The zero-order valence-electron chi connectivity index (χ0n) is 10.7. The van der Waals surface area contributed by atoms with Gasteiger partial charge in [-0.1, -0.05) is 6.92 Å². The third kappa shape index (κ3) is 3.27. The van der Waals surface area contributed by atoms with Gasteiger partial charge in [-0.2, -0.15) is 0 Å². The van der Waals surface area contributed by atoms with Crippen molar-refractivity contribution in [2.75, 3.05) is 6.61 Å².